The van der Waals surface area contributed by atoms with Gasteiger partial charge in [-0.05, 0) is 20.1 Å². The van der Waals surface area contributed by atoms with Crippen molar-refractivity contribution in [3.63, 3.8) is 0 Å². The summed E-state index contributed by atoms with van der Waals surface area (Å²) in [5.74, 6) is 0.468. The highest BCUT2D eigenvalue weighted by molar-refractivity contribution is 6.12. The summed E-state index contributed by atoms with van der Waals surface area (Å²) < 4.78 is 0. The average Bonchev–Trinajstić information content (AvgIpc) is 1.70. The van der Waals surface area contributed by atoms with Gasteiger partial charge in [-0.2, -0.15) is 0 Å². The van der Waals surface area contributed by atoms with E-state index in [-0.39, 0.29) is 0 Å². The van der Waals surface area contributed by atoms with E-state index in [1.54, 1.807) is 0 Å². The van der Waals surface area contributed by atoms with E-state index in [9.17, 15) is 0 Å². The normalized spacial score (nSPS) is 20.9. The highest BCUT2D eigenvalue weighted by Gasteiger charge is 2.16. The van der Waals surface area contributed by atoms with E-state index in [0.29, 0.717) is 5.82 Å². The molecule has 0 bridgehead atoms. The smallest absolute Gasteiger partial charge is 0.0734 e. The van der Waals surface area contributed by atoms with Gasteiger partial charge in [0.25, 0.3) is 0 Å². The third-order valence-corrected chi connectivity index (χ3v) is 1.09. The van der Waals surface area contributed by atoms with Gasteiger partial charge in [-0.3, -0.25) is 0 Å². The molecule has 3 heteroatoms. The first-order valence-corrected chi connectivity index (χ1v) is 2.68. The molecule has 0 amide bonds. The number of rotatable bonds is 0. The Balaban J connectivity index is 0.000000222. The molecule has 1 aliphatic heterocycles. The molecular weight excluding hydrogens is 101 g/mol. The second kappa shape index (κ2) is 3.92. The molecule has 2 radical (unpaired) electrons. The number of likely N-dealkylation sites (tertiary alicyclic amines) is 1. The van der Waals surface area contributed by atoms with Gasteiger partial charge in [-0.1, -0.05) is 5.82 Å². The van der Waals surface area contributed by atoms with Crippen LogP contribution in [0.5, 0.6) is 0 Å². The molecule has 0 saturated carbocycles. The van der Waals surface area contributed by atoms with Crippen LogP contribution in [0, 0.1) is 0 Å². The molecule has 1 rings (SSSR count). The van der Waals surface area contributed by atoms with Crippen LogP contribution in [0.25, 0.3) is 0 Å². The van der Waals surface area contributed by atoms with E-state index in [0.717, 1.165) is 20.2 Å². The Morgan fingerprint density at radius 1 is 1.50 bits per heavy atom. The molecule has 46 valence electrons. The van der Waals surface area contributed by atoms with Gasteiger partial charge in [0, 0.05) is 7.11 Å². The van der Waals surface area contributed by atoms with Gasteiger partial charge in [-0.25, -0.2) is 0 Å². The molecule has 0 atom stereocenters. The van der Waals surface area contributed by atoms with Crippen molar-refractivity contribution in [1.82, 2.24) is 4.90 Å². The lowest BCUT2D eigenvalue weighted by Crippen LogP contribution is -2.39. The monoisotopic (exact) mass is 113 g/mol. The Labute approximate surface area is 51.9 Å². The van der Waals surface area contributed by atoms with Crippen LogP contribution in [-0.4, -0.2) is 45.1 Å². The van der Waals surface area contributed by atoms with Crippen molar-refractivity contribution in [2.75, 3.05) is 27.2 Å². The molecule has 0 aromatic heterocycles. The lowest BCUT2D eigenvalue weighted by molar-refractivity contribution is 0.230. The molecule has 1 aliphatic rings. The molecule has 0 aromatic carbocycles. The average molecular weight is 113 g/mol. The fourth-order valence-corrected chi connectivity index (χ4v) is 0.747. The van der Waals surface area contributed by atoms with Crippen LogP contribution in [0.1, 0.15) is 0 Å². The zero-order chi connectivity index (χ0) is 6.57. The molecule has 1 N–H and O–H groups in total. The van der Waals surface area contributed by atoms with E-state index < -0.39 is 0 Å². The van der Waals surface area contributed by atoms with Crippen LogP contribution in [0.3, 0.4) is 0 Å². The van der Waals surface area contributed by atoms with Crippen LogP contribution < -0.4 is 0 Å². The number of hydrogen-bond donors (Lipinski definition) is 1. The SMILES string of the molecule is CO.[B]C1CN(C)C1. The standard InChI is InChI=1S/C4H8BN.CH4O/c1-6-2-4(5)3-6;1-2/h4H,2-3H2,1H3;2H,1H3. The van der Waals surface area contributed by atoms with Crippen molar-refractivity contribution >= 4 is 7.85 Å². The Morgan fingerprint density at radius 3 is 1.88 bits per heavy atom. The Hall–Kier alpha value is -0.0151. The van der Waals surface area contributed by atoms with Gasteiger partial charge in [0.15, 0.2) is 0 Å². The van der Waals surface area contributed by atoms with Crippen molar-refractivity contribution in [1.29, 1.82) is 0 Å². The van der Waals surface area contributed by atoms with E-state index in [1.165, 1.54) is 0 Å². The Morgan fingerprint density at radius 2 is 1.88 bits per heavy atom. The minimum Gasteiger partial charge on any atom is -0.400 e. The lowest BCUT2D eigenvalue weighted by Gasteiger charge is -2.33. The largest absolute Gasteiger partial charge is 0.400 e. The molecule has 1 saturated heterocycles. The molecule has 1 fully saturated rings. The molecule has 1 heterocycles. The maximum absolute atomic E-state index is 7.00. The summed E-state index contributed by atoms with van der Waals surface area (Å²) in [6.45, 7) is 2.17. The van der Waals surface area contributed by atoms with E-state index in [2.05, 4.69) is 11.9 Å². The molecule has 8 heavy (non-hydrogen) atoms. The third kappa shape index (κ3) is 2.33. The number of aliphatic hydroxyl groups excluding tert-OH is 1. The predicted octanol–water partition coefficient (Wildman–Crippen LogP) is -0.503. The van der Waals surface area contributed by atoms with Crippen molar-refractivity contribution in [2.45, 2.75) is 5.82 Å². The first-order chi connectivity index (χ1) is 3.79. The van der Waals surface area contributed by atoms with E-state index in [4.69, 9.17) is 13.0 Å². The summed E-state index contributed by atoms with van der Waals surface area (Å²) in [6.07, 6.45) is 0. The van der Waals surface area contributed by atoms with Crippen LogP contribution in [-0.2, 0) is 0 Å². The molecule has 0 aliphatic carbocycles. The Kier molecular flexibility index (Phi) is 3.92. The van der Waals surface area contributed by atoms with Crippen molar-refractivity contribution in [3.8, 4) is 0 Å². The second-order valence-corrected chi connectivity index (χ2v) is 1.98. The first kappa shape index (κ1) is 7.98. The number of aliphatic hydroxyl groups is 1. The minimum absolute atomic E-state index is 0.468. The topological polar surface area (TPSA) is 23.5 Å². The minimum atomic E-state index is 0.468. The quantitative estimate of drug-likeness (QED) is 0.428. The zero-order valence-electron chi connectivity index (χ0n) is 5.46. The summed E-state index contributed by atoms with van der Waals surface area (Å²) in [6, 6.07) is 0. The third-order valence-electron chi connectivity index (χ3n) is 1.09. The Bertz CT molecular complexity index is 48.4. The molecule has 0 aromatic rings. The maximum atomic E-state index is 7.00. The zero-order valence-corrected chi connectivity index (χ0v) is 5.46. The number of hydrogen-bond acceptors (Lipinski definition) is 2. The summed E-state index contributed by atoms with van der Waals surface area (Å²) in [5.41, 5.74) is 0. The van der Waals surface area contributed by atoms with Crippen molar-refractivity contribution < 1.29 is 5.11 Å². The van der Waals surface area contributed by atoms with Crippen molar-refractivity contribution in [2.24, 2.45) is 0 Å². The predicted molar refractivity (Wildman–Crippen MR) is 35.1 cm³/mol. The summed E-state index contributed by atoms with van der Waals surface area (Å²) in [5, 5.41) is 7.00. The van der Waals surface area contributed by atoms with Crippen LogP contribution >= 0.6 is 0 Å². The summed E-state index contributed by atoms with van der Waals surface area (Å²) >= 11 is 0. The van der Waals surface area contributed by atoms with Crippen LogP contribution in [0.2, 0.25) is 5.82 Å². The molecule has 0 spiro atoms. The second-order valence-electron chi connectivity index (χ2n) is 1.98. The summed E-state index contributed by atoms with van der Waals surface area (Å²) in [4.78, 5) is 2.20. The van der Waals surface area contributed by atoms with Gasteiger partial charge in [0.1, 0.15) is 0 Å². The van der Waals surface area contributed by atoms with Gasteiger partial charge in [0.05, 0.1) is 7.85 Å². The highest BCUT2D eigenvalue weighted by atomic mass is 16.2. The summed E-state index contributed by atoms with van der Waals surface area (Å²) in [7, 11) is 8.50. The van der Waals surface area contributed by atoms with E-state index in [1.807, 2.05) is 0 Å². The van der Waals surface area contributed by atoms with Gasteiger partial charge in [0.2, 0.25) is 0 Å². The number of nitrogens with zero attached hydrogens (tertiary/aromatic N) is 1. The lowest BCUT2D eigenvalue weighted by atomic mass is 9.81. The van der Waals surface area contributed by atoms with Crippen molar-refractivity contribution in [3.05, 3.63) is 0 Å². The fraction of sp³-hybridized carbons (Fsp3) is 1.00. The molecule has 0 unspecified atom stereocenters. The fourth-order valence-electron chi connectivity index (χ4n) is 0.747. The van der Waals surface area contributed by atoms with Gasteiger partial charge in [-0.15, -0.1) is 0 Å². The van der Waals surface area contributed by atoms with Crippen LogP contribution in [0.4, 0.5) is 0 Å². The molecular formula is C5H12BNO. The first-order valence-electron chi connectivity index (χ1n) is 2.68. The van der Waals surface area contributed by atoms with Gasteiger partial charge < -0.3 is 10.0 Å². The maximum Gasteiger partial charge on any atom is 0.0734 e. The highest BCUT2D eigenvalue weighted by Crippen LogP contribution is 2.12. The van der Waals surface area contributed by atoms with E-state index >= 15 is 0 Å². The van der Waals surface area contributed by atoms with Crippen LogP contribution in [0.15, 0.2) is 0 Å². The molecule has 2 nitrogen and oxygen atoms in total. The van der Waals surface area contributed by atoms with Gasteiger partial charge >= 0.3 is 0 Å².